The third-order valence-electron chi connectivity index (χ3n) is 2.38. The van der Waals surface area contributed by atoms with Crippen molar-refractivity contribution in [1.82, 2.24) is 0 Å². The van der Waals surface area contributed by atoms with E-state index in [2.05, 4.69) is 13.8 Å². The number of alkyl halides is 1. The van der Waals surface area contributed by atoms with Crippen molar-refractivity contribution in [1.29, 1.82) is 0 Å². The summed E-state index contributed by atoms with van der Waals surface area (Å²) in [5.74, 6) is 0.525. The summed E-state index contributed by atoms with van der Waals surface area (Å²) in [7, 11) is 0. The van der Waals surface area contributed by atoms with Gasteiger partial charge in [-0.3, -0.25) is 9.18 Å². The number of carbonyl (C=O) groups excluding carboxylic acids is 1. The Morgan fingerprint density at radius 3 is 2.47 bits per heavy atom. The number of esters is 1. The van der Waals surface area contributed by atoms with Crippen LogP contribution in [0.5, 0.6) is 0 Å². The van der Waals surface area contributed by atoms with Crippen molar-refractivity contribution in [3.63, 3.8) is 0 Å². The number of hydrogen-bond donors (Lipinski definition) is 1. The van der Waals surface area contributed by atoms with E-state index in [4.69, 9.17) is 10.5 Å². The maximum Gasteiger partial charge on any atom is 0.306 e. The molecule has 0 amide bonds. The lowest BCUT2D eigenvalue weighted by molar-refractivity contribution is -0.145. The highest BCUT2D eigenvalue weighted by atomic mass is 35.5. The number of halogens is 2. The van der Waals surface area contributed by atoms with Gasteiger partial charge in [-0.1, -0.05) is 13.8 Å². The first-order valence-electron chi connectivity index (χ1n) is 6.01. The van der Waals surface area contributed by atoms with Crippen molar-refractivity contribution in [2.24, 2.45) is 17.6 Å². The highest BCUT2D eigenvalue weighted by Gasteiger charge is 2.14. The molecule has 0 saturated heterocycles. The van der Waals surface area contributed by atoms with E-state index < -0.39 is 0 Å². The van der Waals surface area contributed by atoms with Crippen LogP contribution in [0.15, 0.2) is 0 Å². The van der Waals surface area contributed by atoms with Crippen LogP contribution in [0.25, 0.3) is 0 Å². The Labute approximate surface area is 110 Å². The van der Waals surface area contributed by atoms with E-state index in [-0.39, 0.29) is 31.0 Å². The van der Waals surface area contributed by atoms with Crippen LogP contribution in [0.1, 0.15) is 39.5 Å². The minimum atomic E-state index is -0.351. The Kier molecular flexibility index (Phi) is 13.5. The SMILES string of the molecule is CC(C)C[C@H](CN)CC(=O)OCCCCF.Cl. The van der Waals surface area contributed by atoms with Gasteiger partial charge in [-0.2, -0.15) is 0 Å². The summed E-state index contributed by atoms with van der Waals surface area (Å²) in [6, 6.07) is 0. The second-order valence-electron chi connectivity index (χ2n) is 4.55. The van der Waals surface area contributed by atoms with Crippen LogP contribution in [0.3, 0.4) is 0 Å². The van der Waals surface area contributed by atoms with Gasteiger partial charge in [-0.25, -0.2) is 0 Å². The first-order chi connectivity index (χ1) is 7.60. The molecule has 0 heterocycles. The van der Waals surface area contributed by atoms with Gasteiger partial charge in [-0.05, 0) is 37.6 Å². The van der Waals surface area contributed by atoms with Gasteiger partial charge in [0.05, 0.1) is 13.3 Å². The van der Waals surface area contributed by atoms with Crippen molar-refractivity contribution in [2.75, 3.05) is 19.8 Å². The van der Waals surface area contributed by atoms with Gasteiger partial charge >= 0.3 is 5.97 Å². The van der Waals surface area contributed by atoms with Gasteiger partial charge in [0.15, 0.2) is 0 Å². The lowest BCUT2D eigenvalue weighted by Gasteiger charge is -2.15. The van der Waals surface area contributed by atoms with Crippen molar-refractivity contribution in [2.45, 2.75) is 39.5 Å². The summed E-state index contributed by atoms with van der Waals surface area (Å²) in [6.45, 7) is 4.69. The monoisotopic (exact) mass is 269 g/mol. The van der Waals surface area contributed by atoms with E-state index in [1.165, 1.54) is 0 Å². The fraction of sp³-hybridized carbons (Fsp3) is 0.917. The second kappa shape index (κ2) is 12.1. The standard InChI is InChI=1S/C12H24FNO2.ClH/c1-10(2)7-11(9-14)8-12(15)16-6-4-3-5-13;/h10-11H,3-9,14H2,1-2H3;1H/t11-;/m0./s1. The zero-order valence-electron chi connectivity index (χ0n) is 10.8. The summed E-state index contributed by atoms with van der Waals surface area (Å²) in [5.41, 5.74) is 5.59. The Bertz CT molecular complexity index is 191. The van der Waals surface area contributed by atoms with E-state index in [0.29, 0.717) is 38.3 Å². The van der Waals surface area contributed by atoms with Crippen LogP contribution in [0.4, 0.5) is 4.39 Å². The number of unbranched alkanes of at least 4 members (excludes halogenated alkanes) is 1. The molecule has 17 heavy (non-hydrogen) atoms. The molecular weight excluding hydrogens is 245 g/mol. The average Bonchev–Trinajstić information content (AvgIpc) is 2.23. The number of nitrogens with two attached hydrogens (primary N) is 1. The van der Waals surface area contributed by atoms with Gasteiger partial charge < -0.3 is 10.5 Å². The van der Waals surface area contributed by atoms with Gasteiger partial charge in [0.25, 0.3) is 0 Å². The summed E-state index contributed by atoms with van der Waals surface area (Å²) >= 11 is 0. The topological polar surface area (TPSA) is 52.3 Å². The molecule has 0 spiro atoms. The molecule has 2 N–H and O–H groups in total. The van der Waals surface area contributed by atoms with Crippen molar-refractivity contribution in [3.8, 4) is 0 Å². The minimum Gasteiger partial charge on any atom is -0.466 e. The lowest BCUT2D eigenvalue weighted by Crippen LogP contribution is -2.21. The van der Waals surface area contributed by atoms with Gasteiger partial charge in [0.2, 0.25) is 0 Å². The minimum absolute atomic E-state index is 0. The summed E-state index contributed by atoms with van der Waals surface area (Å²) in [4.78, 5) is 11.4. The maximum absolute atomic E-state index is 11.8. The van der Waals surface area contributed by atoms with Gasteiger partial charge in [0, 0.05) is 6.42 Å². The molecule has 0 aliphatic heterocycles. The number of carbonyl (C=O) groups is 1. The lowest BCUT2D eigenvalue weighted by atomic mass is 9.94. The summed E-state index contributed by atoms with van der Waals surface area (Å²) in [6.07, 6.45) is 2.37. The molecule has 0 aromatic carbocycles. The maximum atomic E-state index is 11.8. The molecule has 0 rings (SSSR count). The summed E-state index contributed by atoms with van der Waals surface area (Å²) in [5, 5.41) is 0. The van der Waals surface area contributed by atoms with Crippen LogP contribution in [-0.4, -0.2) is 25.8 Å². The molecule has 104 valence electrons. The molecule has 0 aromatic rings. The largest absolute Gasteiger partial charge is 0.466 e. The van der Waals surface area contributed by atoms with E-state index in [9.17, 15) is 9.18 Å². The third-order valence-corrected chi connectivity index (χ3v) is 2.38. The van der Waals surface area contributed by atoms with Crippen molar-refractivity contribution < 1.29 is 13.9 Å². The number of rotatable bonds is 9. The van der Waals surface area contributed by atoms with Crippen molar-refractivity contribution in [3.05, 3.63) is 0 Å². The molecule has 0 unspecified atom stereocenters. The third kappa shape index (κ3) is 11.9. The van der Waals surface area contributed by atoms with E-state index in [0.717, 1.165) is 6.42 Å². The normalized spacial score (nSPS) is 12.1. The van der Waals surface area contributed by atoms with Crippen LogP contribution in [0, 0.1) is 11.8 Å². The zero-order chi connectivity index (χ0) is 12.4. The van der Waals surface area contributed by atoms with Crippen molar-refractivity contribution >= 4 is 18.4 Å². The summed E-state index contributed by atoms with van der Waals surface area (Å²) < 4.78 is 16.8. The zero-order valence-corrected chi connectivity index (χ0v) is 11.6. The molecular formula is C12H25ClFNO2. The van der Waals surface area contributed by atoms with E-state index >= 15 is 0 Å². The van der Waals surface area contributed by atoms with Gasteiger partial charge in [0.1, 0.15) is 0 Å². The molecule has 3 nitrogen and oxygen atoms in total. The fourth-order valence-electron chi connectivity index (χ4n) is 1.61. The molecule has 0 bridgehead atoms. The Hall–Kier alpha value is -0.350. The molecule has 5 heteroatoms. The fourth-order valence-corrected chi connectivity index (χ4v) is 1.61. The predicted molar refractivity (Wildman–Crippen MR) is 70.0 cm³/mol. The molecule has 0 fully saturated rings. The smallest absolute Gasteiger partial charge is 0.306 e. The van der Waals surface area contributed by atoms with Crippen LogP contribution >= 0.6 is 12.4 Å². The van der Waals surface area contributed by atoms with Crippen LogP contribution < -0.4 is 5.73 Å². The first-order valence-corrected chi connectivity index (χ1v) is 6.01. The average molecular weight is 270 g/mol. The van der Waals surface area contributed by atoms with Crippen LogP contribution in [0.2, 0.25) is 0 Å². The Morgan fingerprint density at radius 2 is 2.00 bits per heavy atom. The molecule has 0 radical (unpaired) electrons. The number of ether oxygens (including phenoxy) is 1. The van der Waals surface area contributed by atoms with Crippen LogP contribution in [-0.2, 0) is 9.53 Å². The molecule has 1 atom stereocenters. The molecule has 0 aromatic heterocycles. The second-order valence-corrected chi connectivity index (χ2v) is 4.55. The van der Waals surface area contributed by atoms with Gasteiger partial charge in [-0.15, -0.1) is 12.4 Å². The Morgan fingerprint density at radius 1 is 1.35 bits per heavy atom. The quantitative estimate of drug-likeness (QED) is 0.517. The molecule has 0 saturated carbocycles. The van der Waals surface area contributed by atoms with E-state index in [1.807, 2.05) is 0 Å². The predicted octanol–water partition coefficient (Wildman–Crippen LogP) is 2.71. The first kappa shape index (κ1) is 19.0. The van der Waals surface area contributed by atoms with E-state index in [1.54, 1.807) is 0 Å². The molecule has 0 aliphatic rings. The highest BCUT2D eigenvalue weighted by Crippen LogP contribution is 2.14. The number of hydrogen-bond acceptors (Lipinski definition) is 3. The molecule has 0 aliphatic carbocycles. The Balaban J connectivity index is 0. The highest BCUT2D eigenvalue weighted by molar-refractivity contribution is 5.85.